The molecule has 1 aliphatic rings. The first-order valence-electron chi connectivity index (χ1n) is 7.32. The van der Waals surface area contributed by atoms with Gasteiger partial charge in [-0.15, -0.1) is 0 Å². The van der Waals surface area contributed by atoms with E-state index in [2.05, 4.69) is 6.92 Å². The smallest absolute Gasteiger partial charge is 0.306 e. The molecule has 1 aliphatic carbocycles. The predicted octanol–water partition coefficient (Wildman–Crippen LogP) is 4.48. The molecule has 17 heavy (non-hydrogen) atoms. The summed E-state index contributed by atoms with van der Waals surface area (Å²) in [6, 6.07) is 0. The third kappa shape index (κ3) is 6.09. The Morgan fingerprint density at radius 2 is 1.76 bits per heavy atom. The molecule has 100 valence electrons. The third-order valence-electron chi connectivity index (χ3n) is 4.31. The summed E-state index contributed by atoms with van der Waals surface area (Å²) in [5.41, 5.74) is 0. The standard InChI is InChI=1S/C15H28O2/c1-12(8-10-13(2)15(16)17)9-11-14-6-4-3-5-7-14/h12-14H,3-11H2,1-2H3,(H,16,17). The second-order valence-electron chi connectivity index (χ2n) is 6.00. The van der Waals surface area contributed by atoms with E-state index in [0.29, 0.717) is 5.92 Å². The van der Waals surface area contributed by atoms with Crippen LogP contribution in [-0.4, -0.2) is 11.1 Å². The van der Waals surface area contributed by atoms with E-state index in [4.69, 9.17) is 5.11 Å². The van der Waals surface area contributed by atoms with E-state index >= 15 is 0 Å². The van der Waals surface area contributed by atoms with Crippen molar-refractivity contribution in [3.8, 4) is 0 Å². The van der Waals surface area contributed by atoms with Crippen LogP contribution >= 0.6 is 0 Å². The number of hydrogen-bond donors (Lipinski definition) is 1. The van der Waals surface area contributed by atoms with Gasteiger partial charge in [0.05, 0.1) is 5.92 Å². The quantitative estimate of drug-likeness (QED) is 0.712. The summed E-state index contributed by atoms with van der Waals surface area (Å²) in [7, 11) is 0. The van der Waals surface area contributed by atoms with Crippen LogP contribution in [0.3, 0.4) is 0 Å². The van der Waals surface area contributed by atoms with Crippen molar-refractivity contribution in [2.45, 2.75) is 71.6 Å². The zero-order chi connectivity index (χ0) is 12.7. The van der Waals surface area contributed by atoms with Crippen LogP contribution in [0.1, 0.15) is 71.6 Å². The van der Waals surface area contributed by atoms with Crippen molar-refractivity contribution >= 4 is 5.97 Å². The van der Waals surface area contributed by atoms with Crippen LogP contribution in [0.5, 0.6) is 0 Å². The van der Waals surface area contributed by atoms with Crippen LogP contribution in [0.25, 0.3) is 0 Å². The van der Waals surface area contributed by atoms with Gasteiger partial charge in [0.25, 0.3) is 0 Å². The van der Waals surface area contributed by atoms with Crippen molar-refractivity contribution in [2.75, 3.05) is 0 Å². The fraction of sp³-hybridized carbons (Fsp3) is 0.933. The molecule has 0 radical (unpaired) electrons. The SMILES string of the molecule is CC(CCC1CCCCC1)CCC(C)C(=O)O. The lowest BCUT2D eigenvalue weighted by molar-refractivity contribution is -0.141. The number of carbonyl (C=O) groups is 1. The first-order chi connectivity index (χ1) is 8.09. The van der Waals surface area contributed by atoms with Gasteiger partial charge < -0.3 is 5.11 Å². The molecule has 2 nitrogen and oxygen atoms in total. The highest BCUT2D eigenvalue weighted by atomic mass is 16.4. The molecule has 1 fully saturated rings. The molecular weight excluding hydrogens is 212 g/mol. The summed E-state index contributed by atoms with van der Waals surface area (Å²) >= 11 is 0. The van der Waals surface area contributed by atoms with E-state index in [1.165, 1.54) is 44.9 Å². The Bertz CT molecular complexity index is 219. The molecule has 0 aromatic heterocycles. The first-order valence-corrected chi connectivity index (χ1v) is 7.32. The lowest BCUT2D eigenvalue weighted by atomic mass is 9.83. The molecular formula is C15H28O2. The lowest BCUT2D eigenvalue weighted by Gasteiger charge is -2.23. The summed E-state index contributed by atoms with van der Waals surface area (Å²) in [5.74, 6) is 0.832. The van der Waals surface area contributed by atoms with Gasteiger partial charge in [-0.05, 0) is 24.7 Å². The molecule has 1 rings (SSSR count). The topological polar surface area (TPSA) is 37.3 Å². The predicted molar refractivity (Wildman–Crippen MR) is 71.0 cm³/mol. The van der Waals surface area contributed by atoms with Gasteiger partial charge in [0, 0.05) is 0 Å². The van der Waals surface area contributed by atoms with E-state index in [-0.39, 0.29) is 5.92 Å². The molecule has 1 saturated carbocycles. The molecule has 2 atom stereocenters. The summed E-state index contributed by atoms with van der Waals surface area (Å²) in [6.07, 6.45) is 11.7. The molecule has 0 aliphatic heterocycles. The van der Waals surface area contributed by atoms with Crippen molar-refractivity contribution in [3.63, 3.8) is 0 Å². The van der Waals surface area contributed by atoms with E-state index in [1.54, 1.807) is 0 Å². The fourth-order valence-electron chi connectivity index (χ4n) is 2.80. The molecule has 0 heterocycles. The minimum Gasteiger partial charge on any atom is -0.481 e. The maximum Gasteiger partial charge on any atom is 0.306 e. The summed E-state index contributed by atoms with van der Waals surface area (Å²) in [4.78, 5) is 10.7. The van der Waals surface area contributed by atoms with Gasteiger partial charge in [-0.1, -0.05) is 58.8 Å². The Balaban J connectivity index is 2.07. The average molecular weight is 240 g/mol. The largest absolute Gasteiger partial charge is 0.481 e. The number of carboxylic acids is 1. The maximum atomic E-state index is 10.7. The van der Waals surface area contributed by atoms with Gasteiger partial charge in [-0.3, -0.25) is 4.79 Å². The molecule has 0 bridgehead atoms. The Morgan fingerprint density at radius 1 is 1.12 bits per heavy atom. The zero-order valence-electron chi connectivity index (χ0n) is 11.5. The Morgan fingerprint density at radius 3 is 2.35 bits per heavy atom. The second-order valence-corrected chi connectivity index (χ2v) is 6.00. The average Bonchev–Trinajstić information content (AvgIpc) is 2.34. The van der Waals surface area contributed by atoms with Crippen molar-refractivity contribution in [1.82, 2.24) is 0 Å². The summed E-state index contributed by atoms with van der Waals surface area (Å²) in [5, 5.41) is 8.83. The first kappa shape index (κ1) is 14.5. The van der Waals surface area contributed by atoms with Gasteiger partial charge in [0.15, 0.2) is 0 Å². The second kappa shape index (κ2) is 7.73. The van der Waals surface area contributed by atoms with Gasteiger partial charge in [0.1, 0.15) is 0 Å². The van der Waals surface area contributed by atoms with Crippen molar-refractivity contribution in [3.05, 3.63) is 0 Å². The number of carboxylic acid groups (broad SMARTS) is 1. The minimum absolute atomic E-state index is 0.174. The molecule has 0 aromatic rings. The van der Waals surface area contributed by atoms with Crippen LogP contribution in [0, 0.1) is 17.8 Å². The molecule has 0 spiro atoms. The van der Waals surface area contributed by atoms with Crippen molar-refractivity contribution in [1.29, 1.82) is 0 Å². The molecule has 2 unspecified atom stereocenters. The normalized spacial score (nSPS) is 21.1. The van der Waals surface area contributed by atoms with E-state index in [0.717, 1.165) is 18.8 Å². The Labute approximate surface area is 106 Å². The fourth-order valence-corrected chi connectivity index (χ4v) is 2.80. The number of rotatable bonds is 7. The minimum atomic E-state index is -0.649. The number of hydrogen-bond acceptors (Lipinski definition) is 1. The molecule has 2 heteroatoms. The monoisotopic (exact) mass is 240 g/mol. The Hall–Kier alpha value is -0.530. The van der Waals surface area contributed by atoms with Crippen LogP contribution < -0.4 is 0 Å². The van der Waals surface area contributed by atoms with Crippen LogP contribution in [0.15, 0.2) is 0 Å². The highest BCUT2D eigenvalue weighted by Crippen LogP contribution is 2.29. The summed E-state index contributed by atoms with van der Waals surface area (Å²) < 4.78 is 0. The van der Waals surface area contributed by atoms with E-state index in [1.807, 2.05) is 6.92 Å². The molecule has 1 N–H and O–H groups in total. The molecule has 0 aromatic carbocycles. The van der Waals surface area contributed by atoms with Crippen molar-refractivity contribution in [2.24, 2.45) is 17.8 Å². The molecule has 0 saturated heterocycles. The molecule has 0 amide bonds. The van der Waals surface area contributed by atoms with Crippen molar-refractivity contribution < 1.29 is 9.90 Å². The highest BCUT2D eigenvalue weighted by molar-refractivity contribution is 5.69. The zero-order valence-corrected chi connectivity index (χ0v) is 11.5. The Kier molecular flexibility index (Phi) is 6.61. The van der Waals surface area contributed by atoms with E-state index in [9.17, 15) is 4.79 Å². The van der Waals surface area contributed by atoms with Gasteiger partial charge >= 0.3 is 5.97 Å². The van der Waals surface area contributed by atoms with Crippen LogP contribution in [0.4, 0.5) is 0 Å². The number of aliphatic carboxylic acids is 1. The van der Waals surface area contributed by atoms with Crippen LogP contribution in [0.2, 0.25) is 0 Å². The third-order valence-corrected chi connectivity index (χ3v) is 4.31. The lowest BCUT2D eigenvalue weighted by Crippen LogP contribution is -2.12. The van der Waals surface area contributed by atoms with Gasteiger partial charge in [-0.25, -0.2) is 0 Å². The van der Waals surface area contributed by atoms with Gasteiger partial charge in [-0.2, -0.15) is 0 Å². The van der Waals surface area contributed by atoms with Gasteiger partial charge in [0.2, 0.25) is 0 Å². The highest BCUT2D eigenvalue weighted by Gasteiger charge is 2.16. The maximum absolute atomic E-state index is 10.7. The summed E-state index contributed by atoms with van der Waals surface area (Å²) in [6.45, 7) is 4.09. The van der Waals surface area contributed by atoms with E-state index < -0.39 is 5.97 Å². The van der Waals surface area contributed by atoms with Crippen LogP contribution in [-0.2, 0) is 4.79 Å².